The molecule has 21 heavy (non-hydrogen) atoms. The predicted octanol–water partition coefficient (Wildman–Crippen LogP) is 5.01. The molecular formula is C19H16IN. The quantitative estimate of drug-likeness (QED) is 0.631. The highest BCUT2D eigenvalue weighted by atomic mass is 127. The number of rotatable bonds is 3. The molecule has 0 fully saturated rings. The molecule has 1 atom stereocenters. The molecule has 0 aliphatic rings. The van der Waals surface area contributed by atoms with Gasteiger partial charge in [0, 0.05) is 3.57 Å². The Morgan fingerprint density at radius 1 is 0.667 bits per heavy atom. The molecule has 0 aliphatic heterocycles. The Morgan fingerprint density at radius 3 is 2.00 bits per heavy atom. The van der Waals surface area contributed by atoms with E-state index in [0.29, 0.717) is 0 Å². The summed E-state index contributed by atoms with van der Waals surface area (Å²) in [7, 11) is 0. The normalized spacial score (nSPS) is 12.1. The molecular weight excluding hydrogens is 369 g/mol. The Bertz CT molecular complexity index is 720. The molecule has 0 heterocycles. The fourth-order valence-electron chi connectivity index (χ4n) is 2.41. The molecule has 3 aromatic carbocycles. The molecule has 0 saturated heterocycles. The van der Waals surface area contributed by atoms with Crippen LogP contribution in [-0.4, -0.2) is 0 Å². The van der Waals surface area contributed by atoms with E-state index in [-0.39, 0.29) is 6.04 Å². The number of hydrogen-bond acceptors (Lipinski definition) is 1. The van der Waals surface area contributed by atoms with Gasteiger partial charge >= 0.3 is 0 Å². The summed E-state index contributed by atoms with van der Waals surface area (Å²) in [6, 6.07) is 27.2. The van der Waals surface area contributed by atoms with E-state index in [4.69, 9.17) is 5.73 Å². The monoisotopic (exact) mass is 385 g/mol. The average Bonchev–Trinajstić information content (AvgIpc) is 2.55. The zero-order chi connectivity index (χ0) is 14.7. The highest BCUT2D eigenvalue weighted by Gasteiger charge is 2.09. The van der Waals surface area contributed by atoms with Crippen molar-refractivity contribution in [1.82, 2.24) is 0 Å². The molecule has 0 spiro atoms. The molecule has 0 bridgehead atoms. The standard InChI is InChI=1S/C19H16IN/c20-18-8-4-7-17(13-18)19(21)16-11-9-15(10-12-16)14-5-2-1-3-6-14/h1-13,19H,21H2. The van der Waals surface area contributed by atoms with E-state index in [2.05, 4.69) is 95.4 Å². The minimum atomic E-state index is -0.0791. The van der Waals surface area contributed by atoms with Crippen LogP contribution in [0.2, 0.25) is 0 Å². The largest absolute Gasteiger partial charge is 0.320 e. The molecule has 104 valence electrons. The van der Waals surface area contributed by atoms with Crippen LogP contribution in [0.5, 0.6) is 0 Å². The van der Waals surface area contributed by atoms with Gasteiger partial charge in [-0.25, -0.2) is 0 Å². The Hall–Kier alpha value is -1.65. The number of hydrogen-bond donors (Lipinski definition) is 1. The van der Waals surface area contributed by atoms with Gasteiger partial charge in [0.1, 0.15) is 0 Å². The predicted molar refractivity (Wildman–Crippen MR) is 97.1 cm³/mol. The van der Waals surface area contributed by atoms with Crippen LogP contribution < -0.4 is 5.73 Å². The van der Waals surface area contributed by atoms with Crippen molar-refractivity contribution >= 4 is 22.6 Å². The molecule has 1 nitrogen and oxygen atoms in total. The zero-order valence-corrected chi connectivity index (χ0v) is 13.7. The molecule has 3 rings (SSSR count). The van der Waals surface area contributed by atoms with Crippen molar-refractivity contribution < 1.29 is 0 Å². The van der Waals surface area contributed by atoms with Crippen molar-refractivity contribution in [3.05, 3.63) is 93.6 Å². The van der Waals surface area contributed by atoms with E-state index >= 15 is 0 Å². The van der Waals surface area contributed by atoms with E-state index in [9.17, 15) is 0 Å². The van der Waals surface area contributed by atoms with Gasteiger partial charge in [-0.15, -0.1) is 0 Å². The fourth-order valence-corrected chi connectivity index (χ4v) is 2.97. The van der Waals surface area contributed by atoms with Crippen molar-refractivity contribution in [1.29, 1.82) is 0 Å². The third-order valence-electron chi connectivity index (χ3n) is 3.58. The van der Waals surface area contributed by atoms with Crippen molar-refractivity contribution in [2.24, 2.45) is 5.73 Å². The summed E-state index contributed by atoms with van der Waals surface area (Å²) >= 11 is 2.32. The maximum absolute atomic E-state index is 6.37. The van der Waals surface area contributed by atoms with Gasteiger partial charge in [0.05, 0.1) is 6.04 Å². The second kappa shape index (κ2) is 6.41. The summed E-state index contributed by atoms with van der Waals surface area (Å²) in [6.45, 7) is 0. The highest BCUT2D eigenvalue weighted by molar-refractivity contribution is 14.1. The van der Waals surface area contributed by atoms with Gasteiger partial charge in [0.25, 0.3) is 0 Å². The lowest BCUT2D eigenvalue weighted by Gasteiger charge is -2.13. The van der Waals surface area contributed by atoms with Crippen molar-refractivity contribution in [3.8, 4) is 11.1 Å². The molecule has 0 aromatic heterocycles. The molecule has 0 amide bonds. The third kappa shape index (κ3) is 3.34. The number of nitrogens with two attached hydrogens (primary N) is 1. The maximum atomic E-state index is 6.37. The third-order valence-corrected chi connectivity index (χ3v) is 4.26. The second-order valence-electron chi connectivity index (χ2n) is 5.02. The second-order valence-corrected chi connectivity index (χ2v) is 6.27. The molecule has 2 N–H and O–H groups in total. The molecule has 0 saturated carbocycles. The average molecular weight is 385 g/mol. The lowest BCUT2D eigenvalue weighted by Crippen LogP contribution is -2.11. The Morgan fingerprint density at radius 2 is 1.33 bits per heavy atom. The van der Waals surface area contributed by atoms with Gasteiger partial charge in [-0.2, -0.15) is 0 Å². The molecule has 1 unspecified atom stereocenters. The summed E-state index contributed by atoms with van der Waals surface area (Å²) in [6.07, 6.45) is 0. The van der Waals surface area contributed by atoms with E-state index in [1.165, 1.54) is 14.7 Å². The Balaban J connectivity index is 1.87. The molecule has 0 aliphatic carbocycles. The van der Waals surface area contributed by atoms with Crippen molar-refractivity contribution in [2.75, 3.05) is 0 Å². The topological polar surface area (TPSA) is 26.0 Å². The van der Waals surface area contributed by atoms with Crippen LogP contribution in [0.1, 0.15) is 17.2 Å². The van der Waals surface area contributed by atoms with Gasteiger partial charge in [0.2, 0.25) is 0 Å². The number of halogens is 1. The van der Waals surface area contributed by atoms with Crippen LogP contribution in [0.3, 0.4) is 0 Å². The SMILES string of the molecule is NC(c1ccc(-c2ccccc2)cc1)c1cccc(I)c1. The van der Waals surface area contributed by atoms with Crippen LogP contribution in [0, 0.1) is 3.57 Å². The minimum absolute atomic E-state index is 0.0791. The highest BCUT2D eigenvalue weighted by Crippen LogP contribution is 2.24. The van der Waals surface area contributed by atoms with Gasteiger partial charge in [0.15, 0.2) is 0 Å². The first kappa shape index (κ1) is 14.3. The summed E-state index contributed by atoms with van der Waals surface area (Å²) in [5, 5.41) is 0. The summed E-state index contributed by atoms with van der Waals surface area (Å²) in [4.78, 5) is 0. The van der Waals surface area contributed by atoms with Gasteiger partial charge in [-0.05, 0) is 57.0 Å². The zero-order valence-electron chi connectivity index (χ0n) is 11.5. The smallest absolute Gasteiger partial charge is 0.0552 e. The van der Waals surface area contributed by atoms with Gasteiger partial charge < -0.3 is 5.73 Å². The van der Waals surface area contributed by atoms with Gasteiger partial charge in [-0.3, -0.25) is 0 Å². The minimum Gasteiger partial charge on any atom is -0.320 e. The van der Waals surface area contributed by atoms with Crippen LogP contribution in [0.25, 0.3) is 11.1 Å². The lowest BCUT2D eigenvalue weighted by atomic mass is 9.97. The van der Waals surface area contributed by atoms with E-state index in [0.717, 1.165) is 11.1 Å². The molecule has 0 radical (unpaired) electrons. The van der Waals surface area contributed by atoms with Gasteiger partial charge in [-0.1, -0.05) is 66.7 Å². The van der Waals surface area contributed by atoms with Crippen LogP contribution in [0.4, 0.5) is 0 Å². The first-order chi connectivity index (χ1) is 10.2. The Kier molecular flexibility index (Phi) is 4.36. The lowest BCUT2D eigenvalue weighted by molar-refractivity contribution is 0.871. The van der Waals surface area contributed by atoms with E-state index in [1.54, 1.807) is 0 Å². The van der Waals surface area contributed by atoms with E-state index < -0.39 is 0 Å². The van der Waals surface area contributed by atoms with E-state index in [1.807, 2.05) is 6.07 Å². The van der Waals surface area contributed by atoms with Crippen LogP contribution in [-0.2, 0) is 0 Å². The summed E-state index contributed by atoms with van der Waals surface area (Å²) in [5.74, 6) is 0. The Labute approximate surface area is 139 Å². The molecule has 3 aromatic rings. The summed E-state index contributed by atoms with van der Waals surface area (Å²) in [5.41, 5.74) is 11.1. The first-order valence-corrected chi connectivity index (χ1v) is 7.98. The first-order valence-electron chi connectivity index (χ1n) is 6.90. The fraction of sp³-hybridized carbons (Fsp3) is 0.0526. The van der Waals surface area contributed by atoms with Crippen molar-refractivity contribution in [3.63, 3.8) is 0 Å². The number of benzene rings is 3. The molecule has 2 heteroatoms. The maximum Gasteiger partial charge on any atom is 0.0552 e. The van der Waals surface area contributed by atoms with Crippen LogP contribution in [0.15, 0.2) is 78.9 Å². The van der Waals surface area contributed by atoms with Crippen molar-refractivity contribution in [2.45, 2.75) is 6.04 Å². The van der Waals surface area contributed by atoms with Crippen LogP contribution >= 0.6 is 22.6 Å². The summed E-state index contributed by atoms with van der Waals surface area (Å²) < 4.78 is 1.21.